The molecule has 5 heteroatoms. The molecule has 1 saturated carbocycles. The summed E-state index contributed by atoms with van der Waals surface area (Å²) in [6, 6.07) is 19.9. The van der Waals surface area contributed by atoms with E-state index >= 15 is 0 Å². The van der Waals surface area contributed by atoms with Gasteiger partial charge in [0.05, 0.1) is 16.8 Å². The van der Waals surface area contributed by atoms with E-state index in [1.54, 1.807) is 12.3 Å². The highest BCUT2D eigenvalue weighted by molar-refractivity contribution is 5.98. The highest BCUT2D eigenvalue weighted by Crippen LogP contribution is 2.58. The summed E-state index contributed by atoms with van der Waals surface area (Å²) in [5.41, 5.74) is 4.43. The van der Waals surface area contributed by atoms with E-state index in [9.17, 15) is 13.2 Å². The summed E-state index contributed by atoms with van der Waals surface area (Å²) in [4.78, 5) is 4.49. The van der Waals surface area contributed by atoms with Gasteiger partial charge in [0, 0.05) is 17.0 Å². The highest BCUT2D eigenvalue weighted by atomic mass is 19.4. The second-order valence-corrected chi connectivity index (χ2v) is 8.41. The van der Waals surface area contributed by atoms with Gasteiger partial charge in [-0.25, -0.2) is 4.98 Å². The highest BCUT2D eigenvalue weighted by Gasteiger charge is 2.47. The van der Waals surface area contributed by atoms with Crippen molar-refractivity contribution >= 4 is 22.6 Å². The number of benzene rings is 2. The molecule has 4 aromatic rings. The van der Waals surface area contributed by atoms with E-state index < -0.39 is 11.7 Å². The molecule has 0 aliphatic heterocycles. The van der Waals surface area contributed by atoms with Gasteiger partial charge in [-0.05, 0) is 65.9 Å². The van der Waals surface area contributed by atoms with E-state index in [1.807, 2.05) is 34.9 Å². The maximum absolute atomic E-state index is 13.5. The Morgan fingerprint density at radius 2 is 1.71 bits per heavy atom. The van der Waals surface area contributed by atoms with Gasteiger partial charge in [-0.15, -0.1) is 0 Å². The number of nitrogens with zero attached hydrogens (tertiary/aromatic N) is 2. The van der Waals surface area contributed by atoms with Crippen LogP contribution in [0, 0.1) is 0 Å². The van der Waals surface area contributed by atoms with Crippen LogP contribution in [0.25, 0.3) is 28.4 Å². The predicted octanol–water partition coefficient (Wildman–Crippen LogP) is 7.02. The average molecular weight is 416 g/mol. The van der Waals surface area contributed by atoms with Gasteiger partial charge in [0.1, 0.15) is 5.82 Å². The average Bonchev–Trinajstić information content (AvgIpc) is 3.29. The van der Waals surface area contributed by atoms with Crippen molar-refractivity contribution < 1.29 is 13.2 Å². The molecule has 2 aliphatic rings. The fourth-order valence-electron chi connectivity index (χ4n) is 5.19. The summed E-state index contributed by atoms with van der Waals surface area (Å²) < 4.78 is 42.4. The van der Waals surface area contributed by atoms with E-state index in [-0.39, 0.29) is 5.41 Å². The quantitative estimate of drug-likeness (QED) is 0.343. The number of rotatable bonds is 2. The van der Waals surface area contributed by atoms with Gasteiger partial charge < -0.3 is 0 Å². The normalized spacial score (nSPS) is 16.9. The van der Waals surface area contributed by atoms with Crippen molar-refractivity contribution in [2.75, 3.05) is 0 Å². The van der Waals surface area contributed by atoms with Crippen LogP contribution in [-0.4, -0.2) is 9.55 Å². The van der Waals surface area contributed by atoms with Crippen molar-refractivity contribution in [3.05, 3.63) is 95.3 Å². The molecule has 2 heterocycles. The molecule has 0 amide bonds. The molecular weight excluding hydrogens is 397 g/mol. The Morgan fingerprint density at radius 1 is 0.903 bits per heavy atom. The fourth-order valence-corrected chi connectivity index (χ4v) is 5.19. The van der Waals surface area contributed by atoms with Gasteiger partial charge in [0.2, 0.25) is 0 Å². The fraction of sp³-hybridized carbons (Fsp3) is 0.192. The van der Waals surface area contributed by atoms with Crippen molar-refractivity contribution in [3.8, 4) is 5.82 Å². The van der Waals surface area contributed by atoms with Crippen molar-refractivity contribution in [1.29, 1.82) is 0 Å². The maximum atomic E-state index is 13.5. The first-order valence-corrected chi connectivity index (χ1v) is 10.4. The molecular formula is C26H19F3N2. The van der Waals surface area contributed by atoms with Crippen LogP contribution in [0.2, 0.25) is 0 Å². The molecule has 0 N–H and O–H groups in total. The molecule has 0 atom stereocenters. The van der Waals surface area contributed by atoms with Crippen LogP contribution in [0.4, 0.5) is 13.2 Å². The maximum Gasteiger partial charge on any atom is 0.416 e. The van der Waals surface area contributed by atoms with Gasteiger partial charge in [-0.1, -0.05) is 42.8 Å². The SMILES string of the molecule is FC(F)(F)c1ccc2cc(C3=Cc4ccccc4C34CCC4)n(-c3ccccn3)c2c1. The Hall–Kier alpha value is -3.34. The largest absolute Gasteiger partial charge is 0.416 e. The van der Waals surface area contributed by atoms with Crippen LogP contribution in [-0.2, 0) is 11.6 Å². The topological polar surface area (TPSA) is 17.8 Å². The lowest BCUT2D eigenvalue weighted by atomic mass is 9.61. The number of hydrogen-bond donors (Lipinski definition) is 0. The Morgan fingerprint density at radius 3 is 2.42 bits per heavy atom. The van der Waals surface area contributed by atoms with E-state index in [1.165, 1.54) is 22.8 Å². The Labute approximate surface area is 177 Å². The molecule has 6 rings (SSSR count). The Balaban J connectivity index is 1.64. The lowest BCUT2D eigenvalue weighted by Gasteiger charge is -2.42. The first kappa shape index (κ1) is 18.4. The minimum absolute atomic E-state index is 0.0651. The predicted molar refractivity (Wildman–Crippen MR) is 116 cm³/mol. The Bertz CT molecular complexity index is 1340. The second-order valence-electron chi connectivity index (χ2n) is 8.41. The smallest absolute Gasteiger partial charge is 0.294 e. The van der Waals surface area contributed by atoms with Crippen LogP contribution < -0.4 is 0 Å². The molecule has 31 heavy (non-hydrogen) atoms. The second kappa shape index (κ2) is 6.33. The zero-order valence-corrected chi connectivity index (χ0v) is 16.7. The van der Waals surface area contributed by atoms with E-state index in [0.29, 0.717) is 11.3 Å². The van der Waals surface area contributed by atoms with Crippen LogP contribution in [0.3, 0.4) is 0 Å². The van der Waals surface area contributed by atoms with Crippen LogP contribution in [0.15, 0.2) is 72.9 Å². The molecule has 2 aromatic carbocycles. The molecule has 2 nitrogen and oxygen atoms in total. The summed E-state index contributed by atoms with van der Waals surface area (Å²) in [7, 11) is 0. The van der Waals surface area contributed by atoms with Crippen LogP contribution >= 0.6 is 0 Å². The number of alkyl halides is 3. The van der Waals surface area contributed by atoms with Gasteiger partial charge in [-0.2, -0.15) is 13.2 Å². The van der Waals surface area contributed by atoms with Crippen molar-refractivity contribution in [3.63, 3.8) is 0 Å². The minimum atomic E-state index is -4.40. The summed E-state index contributed by atoms with van der Waals surface area (Å²) in [5, 5.41) is 0.778. The van der Waals surface area contributed by atoms with Crippen molar-refractivity contribution in [1.82, 2.24) is 9.55 Å². The number of aromatic nitrogens is 2. The van der Waals surface area contributed by atoms with E-state index in [0.717, 1.165) is 36.4 Å². The number of pyridine rings is 1. The van der Waals surface area contributed by atoms with Crippen molar-refractivity contribution in [2.24, 2.45) is 0 Å². The monoisotopic (exact) mass is 416 g/mol. The first-order chi connectivity index (χ1) is 15.0. The third-order valence-electron chi connectivity index (χ3n) is 6.78. The molecule has 0 bridgehead atoms. The third-order valence-corrected chi connectivity index (χ3v) is 6.78. The van der Waals surface area contributed by atoms with E-state index in [2.05, 4.69) is 29.3 Å². The zero-order valence-electron chi connectivity index (χ0n) is 16.7. The lowest BCUT2D eigenvalue weighted by molar-refractivity contribution is -0.137. The van der Waals surface area contributed by atoms with E-state index in [4.69, 9.17) is 0 Å². The number of fused-ring (bicyclic) bond motifs is 3. The standard InChI is InChI=1S/C26H19F3N2/c27-26(28,29)19-10-9-18-15-23(31(22(18)16-19)24-8-3-4-13-30-24)21-14-17-6-1-2-7-20(17)25(21)11-5-12-25/h1-4,6-10,13-16H,5,11-12H2. The van der Waals surface area contributed by atoms with Crippen LogP contribution in [0.5, 0.6) is 0 Å². The van der Waals surface area contributed by atoms with Gasteiger partial charge in [0.15, 0.2) is 0 Å². The van der Waals surface area contributed by atoms with Crippen LogP contribution in [0.1, 0.15) is 41.6 Å². The third kappa shape index (κ3) is 2.62. The van der Waals surface area contributed by atoms with Gasteiger partial charge >= 0.3 is 6.18 Å². The number of allylic oxidation sites excluding steroid dienone is 1. The summed E-state index contributed by atoms with van der Waals surface area (Å²) >= 11 is 0. The van der Waals surface area contributed by atoms with Crippen molar-refractivity contribution in [2.45, 2.75) is 30.9 Å². The molecule has 2 aromatic heterocycles. The molecule has 0 unspecified atom stereocenters. The summed E-state index contributed by atoms with van der Waals surface area (Å²) in [6.45, 7) is 0. The molecule has 0 radical (unpaired) electrons. The first-order valence-electron chi connectivity index (χ1n) is 10.4. The summed E-state index contributed by atoms with van der Waals surface area (Å²) in [6.07, 6.45) is 2.74. The molecule has 154 valence electrons. The lowest BCUT2D eigenvalue weighted by Crippen LogP contribution is -2.34. The number of hydrogen-bond acceptors (Lipinski definition) is 1. The number of halogens is 3. The minimum Gasteiger partial charge on any atom is -0.294 e. The summed E-state index contributed by atoms with van der Waals surface area (Å²) in [5.74, 6) is 0.623. The Kier molecular flexibility index (Phi) is 3.76. The molecule has 1 fully saturated rings. The van der Waals surface area contributed by atoms with Gasteiger partial charge in [0.25, 0.3) is 0 Å². The van der Waals surface area contributed by atoms with Gasteiger partial charge in [-0.3, -0.25) is 4.57 Å². The molecule has 0 saturated heterocycles. The molecule has 2 aliphatic carbocycles. The molecule has 1 spiro atoms. The zero-order chi connectivity index (χ0) is 21.2.